The van der Waals surface area contributed by atoms with Gasteiger partial charge < -0.3 is 33.7 Å². The third kappa shape index (κ3) is 11.9. The number of ether oxygens (including phenoxy) is 5. The number of hydrogen-bond acceptors (Lipinski definition) is 7. The molecule has 2 aromatic carbocycles. The predicted octanol–water partition coefficient (Wildman–Crippen LogP) is 4.18. The van der Waals surface area contributed by atoms with Crippen LogP contribution in [-0.4, -0.2) is 81.4 Å². The van der Waals surface area contributed by atoms with Crippen LogP contribution < -0.4 is 9.47 Å². The smallest absolute Gasteiger partial charge is 0.409 e. The molecule has 0 aliphatic carbocycles. The SMILES string of the molecule is CCOC(Cc1ccc(OCCN(CCCCOc2ccc(F)cc2)C(=O)OCCOC)cc1)C(=O)O. The molecule has 1 unspecified atom stereocenters. The quantitative estimate of drug-likeness (QED) is 0.292. The maximum Gasteiger partial charge on any atom is 0.409 e. The predicted molar refractivity (Wildman–Crippen MR) is 135 cm³/mol. The zero-order valence-electron chi connectivity index (χ0n) is 21.4. The number of carbonyl (C=O) groups is 2. The molecule has 0 aliphatic rings. The number of amides is 1. The molecule has 0 aromatic heterocycles. The van der Waals surface area contributed by atoms with Crippen LogP contribution in [0.15, 0.2) is 48.5 Å². The fourth-order valence-electron chi connectivity index (χ4n) is 3.35. The van der Waals surface area contributed by atoms with E-state index in [1.165, 1.54) is 19.2 Å². The number of halogens is 1. The summed E-state index contributed by atoms with van der Waals surface area (Å²) in [4.78, 5) is 25.3. The molecular formula is C27H36FNO8. The molecule has 0 heterocycles. The van der Waals surface area contributed by atoms with E-state index in [1.54, 1.807) is 48.2 Å². The molecule has 1 N–H and O–H groups in total. The van der Waals surface area contributed by atoms with Crippen molar-refractivity contribution in [2.75, 3.05) is 53.2 Å². The molecule has 0 radical (unpaired) electrons. The minimum Gasteiger partial charge on any atom is -0.494 e. The molecule has 0 saturated heterocycles. The lowest BCUT2D eigenvalue weighted by molar-refractivity contribution is -0.149. The molecule has 0 fully saturated rings. The molecular weight excluding hydrogens is 485 g/mol. The van der Waals surface area contributed by atoms with Crippen LogP contribution in [0.5, 0.6) is 11.5 Å². The van der Waals surface area contributed by atoms with E-state index in [9.17, 15) is 19.1 Å². The van der Waals surface area contributed by atoms with E-state index in [2.05, 4.69) is 0 Å². The van der Waals surface area contributed by atoms with Crippen molar-refractivity contribution in [2.24, 2.45) is 0 Å². The third-order valence-corrected chi connectivity index (χ3v) is 5.29. The molecule has 0 aliphatic heterocycles. The van der Waals surface area contributed by atoms with E-state index >= 15 is 0 Å². The van der Waals surface area contributed by atoms with Crippen molar-refractivity contribution in [2.45, 2.75) is 32.3 Å². The average molecular weight is 522 g/mol. The monoisotopic (exact) mass is 521 g/mol. The number of methoxy groups -OCH3 is 1. The van der Waals surface area contributed by atoms with Gasteiger partial charge in [0.15, 0.2) is 6.10 Å². The molecule has 37 heavy (non-hydrogen) atoms. The number of carbonyl (C=O) groups excluding carboxylic acids is 1. The number of aliphatic carboxylic acids is 1. The van der Waals surface area contributed by atoms with Crippen molar-refractivity contribution >= 4 is 12.1 Å². The summed E-state index contributed by atoms with van der Waals surface area (Å²) in [6.45, 7) is 4.00. The molecule has 2 rings (SSSR count). The van der Waals surface area contributed by atoms with Gasteiger partial charge in [0.05, 0.1) is 19.8 Å². The topological polar surface area (TPSA) is 104 Å². The Balaban J connectivity index is 1.80. The maximum absolute atomic E-state index is 13.0. The normalized spacial score (nSPS) is 11.5. The summed E-state index contributed by atoms with van der Waals surface area (Å²) < 4.78 is 39.8. The van der Waals surface area contributed by atoms with Gasteiger partial charge in [0.2, 0.25) is 0 Å². The van der Waals surface area contributed by atoms with Crippen LogP contribution in [0.25, 0.3) is 0 Å². The second kappa shape index (κ2) is 17.1. The summed E-state index contributed by atoms with van der Waals surface area (Å²) >= 11 is 0. The van der Waals surface area contributed by atoms with Gasteiger partial charge in [0, 0.05) is 26.7 Å². The largest absolute Gasteiger partial charge is 0.494 e. The number of carboxylic acids is 1. The number of benzene rings is 2. The Morgan fingerprint density at radius 3 is 2.16 bits per heavy atom. The molecule has 0 saturated carbocycles. The van der Waals surface area contributed by atoms with E-state index in [1.807, 2.05) is 0 Å². The van der Waals surface area contributed by atoms with Gasteiger partial charge in [-0.25, -0.2) is 14.0 Å². The van der Waals surface area contributed by atoms with E-state index in [0.29, 0.717) is 57.3 Å². The Hall–Kier alpha value is -3.37. The third-order valence-electron chi connectivity index (χ3n) is 5.29. The lowest BCUT2D eigenvalue weighted by Gasteiger charge is -2.22. The van der Waals surface area contributed by atoms with Crippen molar-refractivity contribution in [3.63, 3.8) is 0 Å². The van der Waals surface area contributed by atoms with Crippen LogP contribution in [0, 0.1) is 5.82 Å². The first kappa shape index (κ1) is 29.9. The highest BCUT2D eigenvalue weighted by Gasteiger charge is 2.18. The Bertz CT molecular complexity index is 923. The van der Waals surface area contributed by atoms with Crippen molar-refractivity contribution in [3.8, 4) is 11.5 Å². The lowest BCUT2D eigenvalue weighted by Crippen LogP contribution is -2.36. The Labute approximate surface area is 217 Å². The van der Waals surface area contributed by atoms with Crippen molar-refractivity contribution in [3.05, 3.63) is 59.9 Å². The molecule has 0 spiro atoms. The number of unbranched alkanes of at least 4 members (excludes halogenated alkanes) is 1. The highest BCUT2D eigenvalue weighted by atomic mass is 19.1. The molecule has 0 bridgehead atoms. The first-order valence-electron chi connectivity index (χ1n) is 12.3. The van der Waals surface area contributed by atoms with Gasteiger partial charge in [-0.3, -0.25) is 0 Å². The van der Waals surface area contributed by atoms with E-state index in [0.717, 1.165) is 5.56 Å². The molecule has 10 heteroatoms. The summed E-state index contributed by atoms with van der Waals surface area (Å²) in [6.07, 6.45) is 0.289. The van der Waals surface area contributed by atoms with Gasteiger partial charge in [-0.2, -0.15) is 0 Å². The summed E-state index contributed by atoms with van der Waals surface area (Å²) in [7, 11) is 1.53. The second-order valence-electron chi connectivity index (χ2n) is 8.08. The van der Waals surface area contributed by atoms with Crippen molar-refractivity contribution in [1.29, 1.82) is 0 Å². The number of nitrogens with zero attached hydrogens (tertiary/aromatic N) is 1. The summed E-state index contributed by atoms with van der Waals surface area (Å²) in [5, 5.41) is 9.24. The number of hydrogen-bond donors (Lipinski definition) is 1. The highest BCUT2D eigenvalue weighted by Crippen LogP contribution is 2.15. The van der Waals surface area contributed by atoms with Crippen LogP contribution in [0.4, 0.5) is 9.18 Å². The second-order valence-corrected chi connectivity index (χ2v) is 8.08. The zero-order chi connectivity index (χ0) is 26.9. The van der Waals surface area contributed by atoms with E-state index < -0.39 is 18.2 Å². The highest BCUT2D eigenvalue weighted by molar-refractivity contribution is 5.72. The van der Waals surface area contributed by atoms with Crippen LogP contribution in [0.1, 0.15) is 25.3 Å². The van der Waals surface area contributed by atoms with Crippen LogP contribution >= 0.6 is 0 Å². The molecule has 1 atom stereocenters. The van der Waals surface area contributed by atoms with Gasteiger partial charge >= 0.3 is 12.1 Å². The van der Waals surface area contributed by atoms with Gasteiger partial charge in [-0.1, -0.05) is 12.1 Å². The molecule has 9 nitrogen and oxygen atoms in total. The molecule has 204 valence electrons. The molecule has 1 amide bonds. The standard InChI is InChI=1S/C27H36FNO8/c1-3-34-25(26(30)31)20-21-6-10-23(11-7-21)36-17-15-29(27(32)37-19-18-33-2)14-4-5-16-35-24-12-8-22(28)9-13-24/h6-13,25H,3-5,14-20H2,1-2H3,(H,30,31). The lowest BCUT2D eigenvalue weighted by atomic mass is 10.1. The average Bonchev–Trinajstić information content (AvgIpc) is 2.89. The van der Waals surface area contributed by atoms with E-state index in [-0.39, 0.29) is 25.5 Å². The van der Waals surface area contributed by atoms with Gasteiger partial charge in [-0.05, 0) is 61.7 Å². The summed E-state index contributed by atoms with van der Waals surface area (Å²) in [5.74, 6) is -0.122. The summed E-state index contributed by atoms with van der Waals surface area (Å²) in [6, 6.07) is 12.9. The van der Waals surface area contributed by atoms with Gasteiger partial charge in [-0.15, -0.1) is 0 Å². The summed E-state index contributed by atoms with van der Waals surface area (Å²) in [5.41, 5.74) is 0.819. The fourth-order valence-corrected chi connectivity index (χ4v) is 3.35. The Morgan fingerprint density at radius 1 is 0.892 bits per heavy atom. The van der Waals surface area contributed by atoms with Crippen molar-refractivity contribution in [1.82, 2.24) is 4.90 Å². The number of carboxylic acid groups (broad SMARTS) is 1. The minimum atomic E-state index is -0.998. The maximum atomic E-state index is 13.0. The van der Waals surface area contributed by atoms with Gasteiger partial charge in [0.1, 0.15) is 30.5 Å². The zero-order valence-corrected chi connectivity index (χ0v) is 21.4. The molecule has 2 aromatic rings. The Kier molecular flexibility index (Phi) is 13.8. The first-order chi connectivity index (χ1) is 17.9. The van der Waals surface area contributed by atoms with Gasteiger partial charge in [0.25, 0.3) is 0 Å². The minimum absolute atomic E-state index is 0.154. The van der Waals surface area contributed by atoms with Crippen molar-refractivity contribution < 1.29 is 42.8 Å². The van der Waals surface area contributed by atoms with Crippen LogP contribution in [0.3, 0.4) is 0 Å². The fraction of sp³-hybridized carbons (Fsp3) is 0.481. The Morgan fingerprint density at radius 2 is 1.54 bits per heavy atom. The van der Waals surface area contributed by atoms with Crippen LogP contribution in [0.2, 0.25) is 0 Å². The van der Waals surface area contributed by atoms with Crippen LogP contribution in [-0.2, 0) is 25.4 Å². The number of rotatable bonds is 18. The first-order valence-corrected chi connectivity index (χ1v) is 12.3. The van der Waals surface area contributed by atoms with E-state index in [4.69, 9.17) is 23.7 Å².